The summed E-state index contributed by atoms with van der Waals surface area (Å²) in [6.45, 7) is 2.04. The van der Waals surface area contributed by atoms with Gasteiger partial charge in [-0.25, -0.2) is 17.9 Å². The maximum atomic E-state index is 12.4. The van der Waals surface area contributed by atoms with E-state index in [2.05, 4.69) is 20.1 Å². The normalized spacial score (nSPS) is 11.1. The highest BCUT2D eigenvalue weighted by molar-refractivity contribution is 7.89. The van der Waals surface area contributed by atoms with Crippen LogP contribution in [0.25, 0.3) is 0 Å². The molecule has 2 aromatic carbocycles. The van der Waals surface area contributed by atoms with Crippen molar-refractivity contribution in [3.8, 4) is 0 Å². The molecule has 0 aliphatic heterocycles. The van der Waals surface area contributed by atoms with Crippen molar-refractivity contribution in [1.82, 2.24) is 10.0 Å². The molecule has 10 heteroatoms. The summed E-state index contributed by atoms with van der Waals surface area (Å²) in [5, 5.41) is 5.11. The van der Waals surface area contributed by atoms with E-state index in [1.54, 1.807) is 6.92 Å². The van der Waals surface area contributed by atoms with Crippen molar-refractivity contribution in [2.45, 2.75) is 18.4 Å². The van der Waals surface area contributed by atoms with Crippen LogP contribution in [0.1, 0.15) is 12.5 Å². The van der Waals surface area contributed by atoms with E-state index < -0.39 is 21.9 Å². The van der Waals surface area contributed by atoms with Crippen LogP contribution in [0.4, 0.5) is 5.69 Å². The molecule has 0 aliphatic rings. The standard InChI is InChI=1S/C20H21N3O5S2/c1-2-28-19(25)13-12-18(24)23-20(29)22-16-8-10-17(11-9-16)30(26,27)21-14-15-6-4-3-5-7-15/h3-13,21H,2,14H2,1H3,(H2,22,23,24,29)/b13-12+. The minimum Gasteiger partial charge on any atom is -0.463 e. The van der Waals surface area contributed by atoms with Gasteiger partial charge in [-0.2, -0.15) is 0 Å². The fraction of sp³-hybridized carbons (Fsp3) is 0.150. The molecule has 0 aliphatic carbocycles. The van der Waals surface area contributed by atoms with Crippen molar-refractivity contribution in [3.05, 3.63) is 72.3 Å². The fourth-order valence-corrected chi connectivity index (χ4v) is 3.46. The zero-order valence-corrected chi connectivity index (χ0v) is 17.8. The summed E-state index contributed by atoms with van der Waals surface area (Å²) >= 11 is 5.02. The number of nitrogens with one attached hydrogen (secondary N) is 3. The molecule has 0 heterocycles. The van der Waals surface area contributed by atoms with E-state index >= 15 is 0 Å². The summed E-state index contributed by atoms with van der Waals surface area (Å²) in [4.78, 5) is 23.0. The molecule has 0 saturated carbocycles. The molecule has 2 rings (SSSR count). The van der Waals surface area contributed by atoms with Gasteiger partial charge in [0.2, 0.25) is 15.9 Å². The second-order valence-electron chi connectivity index (χ2n) is 5.86. The number of carbonyl (C=O) groups excluding carboxylic acids is 2. The Bertz CT molecular complexity index is 1020. The van der Waals surface area contributed by atoms with Gasteiger partial charge in [-0.15, -0.1) is 0 Å². The minimum atomic E-state index is -3.68. The first-order valence-electron chi connectivity index (χ1n) is 8.90. The molecule has 8 nitrogen and oxygen atoms in total. The molecule has 0 unspecified atom stereocenters. The maximum absolute atomic E-state index is 12.4. The number of carbonyl (C=O) groups is 2. The average Bonchev–Trinajstić information content (AvgIpc) is 2.72. The molecule has 0 radical (unpaired) electrons. The Morgan fingerprint density at radius 3 is 2.33 bits per heavy atom. The lowest BCUT2D eigenvalue weighted by Crippen LogP contribution is -2.33. The van der Waals surface area contributed by atoms with E-state index in [0.717, 1.165) is 17.7 Å². The number of hydrogen-bond donors (Lipinski definition) is 3. The Morgan fingerprint density at radius 1 is 1.03 bits per heavy atom. The Balaban J connectivity index is 1.89. The summed E-state index contributed by atoms with van der Waals surface area (Å²) in [5.41, 5.74) is 1.33. The number of ether oxygens (including phenoxy) is 1. The van der Waals surface area contributed by atoms with Crippen molar-refractivity contribution in [3.63, 3.8) is 0 Å². The Morgan fingerprint density at radius 2 is 1.70 bits per heavy atom. The van der Waals surface area contributed by atoms with E-state index in [4.69, 9.17) is 12.2 Å². The van der Waals surface area contributed by atoms with Crippen molar-refractivity contribution in [2.24, 2.45) is 0 Å². The molecule has 0 atom stereocenters. The summed E-state index contributed by atoms with van der Waals surface area (Å²) in [6, 6.07) is 15.0. The summed E-state index contributed by atoms with van der Waals surface area (Å²) in [5.74, 6) is -1.24. The number of thiocarbonyl (C=S) groups is 1. The van der Waals surface area contributed by atoms with Gasteiger partial charge in [-0.05, 0) is 49.0 Å². The number of esters is 1. The van der Waals surface area contributed by atoms with E-state index in [-0.39, 0.29) is 23.2 Å². The van der Waals surface area contributed by atoms with Crippen LogP contribution in [0.3, 0.4) is 0 Å². The lowest BCUT2D eigenvalue weighted by molar-refractivity contribution is -0.137. The maximum Gasteiger partial charge on any atom is 0.330 e. The van der Waals surface area contributed by atoms with Crippen LogP contribution in [-0.4, -0.2) is 32.0 Å². The van der Waals surface area contributed by atoms with E-state index in [0.29, 0.717) is 5.69 Å². The predicted octanol–water partition coefficient (Wildman–Crippen LogP) is 2.10. The number of amides is 1. The molecule has 0 fully saturated rings. The molecule has 0 spiro atoms. The number of rotatable bonds is 8. The van der Waals surface area contributed by atoms with Crippen LogP contribution >= 0.6 is 12.2 Å². The summed E-state index contributed by atoms with van der Waals surface area (Å²) < 4.78 is 32.0. The SMILES string of the molecule is CCOC(=O)/C=C/C(=O)NC(=S)Nc1ccc(S(=O)(=O)NCc2ccccc2)cc1. The van der Waals surface area contributed by atoms with Gasteiger partial charge in [0.1, 0.15) is 0 Å². The molecule has 3 N–H and O–H groups in total. The lowest BCUT2D eigenvalue weighted by atomic mass is 10.2. The highest BCUT2D eigenvalue weighted by Gasteiger charge is 2.13. The van der Waals surface area contributed by atoms with E-state index in [1.807, 2.05) is 30.3 Å². The number of sulfonamides is 1. The zero-order chi connectivity index (χ0) is 22.0. The Kier molecular flexibility index (Phi) is 8.66. The van der Waals surface area contributed by atoms with Crippen LogP contribution in [0.2, 0.25) is 0 Å². The average molecular weight is 448 g/mol. The molecule has 0 saturated heterocycles. The smallest absolute Gasteiger partial charge is 0.330 e. The van der Waals surface area contributed by atoms with Gasteiger partial charge < -0.3 is 10.1 Å². The molecule has 0 aromatic heterocycles. The third-order valence-corrected chi connectivity index (χ3v) is 5.25. The number of hydrogen-bond acceptors (Lipinski definition) is 6. The third-order valence-electron chi connectivity index (χ3n) is 3.63. The zero-order valence-electron chi connectivity index (χ0n) is 16.1. The third kappa shape index (κ3) is 7.74. The highest BCUT2D eigenvalue weighted by atomic mass is 32.2. The first-order chi connectivity index (χ1) is 14.3. The van der Waals surface area contributed by atoms with Gasteiger partial charge in [-0.3, -0.25) is 10.1 Å². The second-order valence-corrected chi connectivity index (χ2v) is 8.04. The molecule has 2 aromatic rings. The highest BCUT2D eigenvalue weighted by Crippen LogP contribution is 2.14. The molecular weight excluding hydrogens is 426 g/mol. The summed E-state index contributed by atoms with van der Waals surface area (Å²) in [6.07, 6.45) is 1.99. The largest absolute Gasteiger partial charge is 0.463 e. The molecular formula is C20H21N3O5S2. The predicted molar refractivity (Wildman–Crippen MR) is 117 cm³/mol. The fourth-order valence-electron chi connectivity index (χ4n) is 2.22. The van der Waals surface area contributed by atoms with Gasteiger partial charge in [0.15, 0.2) is 5.11 Å². The molecule has 1 amide bonds. The number of benzene rings is 2. The van der Waals surface area contributed by atoms with Crippen LogP contribution < -0.4 is 15.4 Å². The second kappa shape index (κ2) is 11.2. The Labute approximate surface area is 180 Å². The number of anilines is 1. The molecule has 0 bridgehead atoms. The Hall–Kier alpha value is -3.08. The van der Waals surface area contributed by atoms with E-state index in [9.17, 15) is 18.0 Å². The topological polar surface area (TPSA) is 114 Å². The van der Waals surface area contributed by atoms with Crippen molar-refractivity contribution in [2.75, 3.05) is 11.9 Å². The minimum absolute atomic E-state index is 0.00804. The first kappa shape index (κ1) is 23.2. The molecule has 158 valence electrons. The van der Waals surface area contributed by atoms with Gasteiger partial charge in [-0.1, -0.05) is 30.3 Å². The van der Waals surface area contributed by atoms with Crippen molar-refractivity contribution < 1.29 is 22.7 Å². The summed E-state index contributed by atoms with van der Waals surface area (Å²) in [7, 11) is -3.68. The van der Waals surface area contributed by atoms with Crippen molar-refractivity contribution >= 4 is 44.9 Å². The lowest BCUT2D eigenvalue weighted by Gasteiger charge is -2.10. The van der Waals surface area contributed by atoms with Crippen LogP contribution in [0, 0.1) is 0 Å². The first-order valence-corrected chi connectivity index (χ1v) is 10.8. The van der Waals surface area contributed by atoms with Crippen LogP contribution in [0.15, 0.2) is 71.6 Å². The van der Waals surface area contributed by atoms with Crippen LogP contribution in [0.5, 0.6) is 0 Å². The van der Waals surface area contributed by atoms with Gasteiger partial charge in [0, 0.05) is 24.4 Å². The van der Waals surface area contributed by atoms with Crippen molar-refractivity contribution in [1.29, 1.82) is 0 Å². The van der Waals surface area contributed by atoms with E-state index in [1.165, 1.54) is 24.3 Å². The van der Waals surface area contributed by atoms with Gasteiger partial charge in [0.05, 0.1) is 11.5 Å². The van der Waals surface area contributed by atoms with Crippen LogP contribution in [-0.2, 0) is 30.9 Å². The quantitative estimate of drug-likeness (QED) is 0.323. The van der Waals surface area contributed by atoms with Gasteiger partial charge in [0.25, 0.3) is 0 Å². The van der Waals surface area contributed by atoms with Gasteiger partial charge >= 0.3 is 5.97 Å². The molecule has 30 heavy (non-hydrogen) atoms. The monoisotopic (exact) mass is 447 g/mol.